The Bertz CT molecular complexity index is 858. The SMILES string of the molecule is CCOCCCNC(=O)N1CCN(Cc2nc3cc(C(=O)N(C)C)ccc3o2)CC1. The van der Waals surface area contributed by atoms with Crippen molar-refractivity contribution in [3.63, 3.8) is 0 Å². The Morgan fingerprint density at radius 1 is 1.23 bits per heavy atom. The first kappa shape index (κ1) is 22.0. The average Bonchev–Trinajstić information content (AvgIpc) is 3.14. The molecule has 0 spiro atoms. The molecule has 1 aromatic carbocycles. The van der Waals surface area contributed by atoms with E-state index in [4.69, 9.17) is 9.15 Å². The van der Waals surface area contributed by atoms with Crippen molar-refractivity contribution < 1.29 is 18.7 Å². The third-order valence-electron chi connectivity index (χ3n) is 5.05. The molecule has 2 heterocycles. The Kier molecular flexibility index (Phi) is 7.64. The molecule has 1 fully saturated rings. The van der Waals surface area contributed by atoms with E-state index in [2.05, 4.69) is 15.2 Å². The van der Waals surface area contributed by atoms with Crippen LogP contribution in [0.4, 0.5) is 4.79 Å². The summed E-state index contributed by atoms with van der Waals surface area (Å²) in [7, 11) is 3.45. The van der Waals surface area contributed by atoms with Crippen LogP contribution in [0, 0.1) is 0 Å². The first-order valence-corrected chi connectivity index (χ1v) is 10.4. The van der Waals surface area contributed by atoms with E-state index in [1.807, 2.05) is 11.8 Å². The van der Waals surface area contributed by atoms with E-state index in [1.165, 1.54) is 4.90 Å². The molecular formula is C21H31N5O4. The highest BCUT2D eigenvalue weighted by atomic mass is 16.5. The number of carbonyl (C=O) groups is 2. The van der Waals surface area contributed by atoms with Gasteiger partial charge in [0, 0.05) is 65.6 Å². The number of nitrogens with zero attached hydrogens (tertiary/aromatic N) is 4. The first-order valence-electron chi connectivity index (χ1n) is 10.4. The monoisotopic (exact) mass is 417 g/mol. The molecule has 1 saturated heterocycles. The molecule has 3 rings (SSSR count). The maximum absolute atomic E-state index is 12.2. The van der Waals surface area contributed by atoms with Crippen molar-refractivity contribution in [3.8, 4) is 0 Å². The van der Waals surface area contributed by atoms with Crippen molar-refractivity contribution in [1.29, 1.82) is 0 Å². The summed E-state index contributed by atoms with van der Waals surface area (Å²) in [5.41, 5.74) is 1.95. The van der Waals surface area contributed by atoms with Gasteiger partial charge >= 0.3 is 6.03 Å². The third kappa shape index (κ3) is 5.70. The highest BCUT2D eigenvalue weighted by Crippen LogP contribution is 2.19. The zero-order chi connectivity index (χ0) is 21.5. The van der Waals surface area contributed by atoms with Gasteiger partial charge in [0.2, 0.25) is 5.89 Å². The van der Waals surface area contributed by atoms with E-state index in [0.29, 0.717) is 61.9 Å². The molecule has 9 heteroatoms. The maximum atomic E-state index is 12.2. The minimum absolute atomic E-state index is 0.0221. The van der Waals surface area contributed by atoms with Crippen LogP contribution in [0.1, 0.15) is 29.6 Å². The number of urea groups is 1. The van der Waals surface area contributed by atoms with Crippen molar-refractivity contribution in [2.24, 2.45) is 0 Å². The van der Waals surface area contributed by atoms with Crippen LogP contribution < -0.4 is 5.32 Å². The van der Waals surface area contributed by atoms with Gasteiger partial charge in [0.05, 0.1) is 6.54 Å². The number of oxazole rings is 1. The van der Waals surface area contributed by atoms with E-state index in [1.54, 1.807) is 32.3 Å². The van der Waals surface area contributed by atoms with Crippen LogP contribution in [0.3, 0.4) is 0 Å². The number of fused-ring (bicyclic) bond motifs is 1. The molecule has 0 radical (unpaired) electrons. The predicted octanol–water partition coefficient (Wildman–Crippen LogP) is 1.78. The Morgan fingerprint density at radius 2 is 2.00 bits per heavy atom. The summed E-state index contributed by atoms with van der Waals surface area (Å²) in [6.45, 7) is 7.38. The molecule has 9 nitrogen and oxygen atoms in total. The first-order chi connectivity index (χ1) is 14.5. The molecule has 1 aliphatic heterocycles. The second kappa shape index (κ2) is 10.4. The van der Waals surface area contributed by atoms with Crippen LogP contribution in [0.5, 0.6) is 0 Å². The lowest BCUT2D eigenvalue weighted by atomic mass is 10.2. The summed E-state index contributed by atoms with van der Waals surface area (Å²) in [6, 6.07) is 5.28. The lowest BCUT2D eigenvalue weighted by molar-refractivity contribution is 0.0827. The van der Waals surface area contributed by atoms with Crippen molar-refractivity contribution in [1.82, 2.24) is 25.0 Å². The molecule has 30 heavy (non-hydrogen) atoms. The largest absolute Gasteiger partial charge is 0.439 e. The van der Waals surface area contributed by atoms with Crippen LogP contribution in [-0.2, 0) is 11.3 Å². The zero-order valence-corrected chi connectivity index (χ0v) is 18.0. The number of hydrogen-bond acceptors (Lipinski definition) is 6. The molecule has 1 aliphatic rings. The topological polar surface area (TPSA) is 91.2 Å². The Morgan fingerprint density at radius 3 is 2.70 bits per heavy atom. The molecule has 1 aromatic heterocycles. The van der Waals surface area contributed by atoms with Crippen LogP contribution in [0.25, 0.3) is 11.1 Å². The summed E-state index contributed by atoms with van der Waals surface area (Å²) in [5.74, 6) is 0.557. The zero-order valence-electron chi connectivity index (χ0n) is 18.0. The maximum Gasteiger partial charge on any atom is 0.317 e. The van der Waals surface area contributed by atoms with Gasteiger partial charge in [-0.1, -0.05) is 0 Å². The average molecular weight is 418 g/mol. The van der Waals surface area contributed by atoms with Gasteiger partial charge in [0.1, 0.15) is 5.52 Å². The Balaban J connectivity index is 1.48. The summed E-state index contributed by atoms with van der Waals surface area (Å²) in [6.07, 6.45) is 0.819. The third-order valence-corrected chi connectivity index (χ3v) is 5.05. The minimum atomic E-state index is -0.0614. The van der Waals surface area contributed by atoms with Gasteiger partial charge in [-0.15, -0.1) is 0 Å². The van der Waals surface area contributed by atoms with Crippen molar-refractivity contribution >= 4 is 23.0 Å². The second-order valence-corrected chi connectivity index (χ2v) is 7.54. The quantitative estimate of drug-likeness (QED) is 0.659. The highest BCUT2D eigenvalue weighted by molar-refractivity contribution is 5.96. The smallest absolute Gasteiger partial charge is 0.317 e. The van der Waals surface area contributed by atoms with E-state index < -0.39 is 0 Å². The number of benzene rings is 1. The van der Waals surface area contributed by atoms with Gasteiger partial charge in [-0.2, -0.15) is 0 Å². The normalized spacial score (nSPS) is 14.8. The molecular weight excluding hydrogens is 386 g/mol. The fourth-order valence-electron chi connectivity index (χ4n) is 3.36. The van der Waals surface area contributed by atoms with Gasteiger partial charge in [-0.25, -0.2) is 9.78 Å². The molecule has 0 unspecified atom stereocenters. The standard InChI is InChI=1S/C21H31N5O4/c1-4-29-13-5-8-22-21(28)26-11-9-25(10-12-26)15-19-23-17-14-16(20(27)24(2)3)6-7-18(17)30-19/h6-7,14H,4-5,8-13,15H2,1-3H3,(H,22,28). The predicted molar refractivity (Wildman–Crippen MR) is 113 cm³/mol. The van der Waals surface area contributed by atoms with Crippen LogP contribution in [0.2, 0.25) is 0 Å². The van der Waals surface area contributed by atoms with Gasteiger partial charge < -0.3 is 24.3 Å². The molecule has 164 valence electrons. The number of rotatable bonds is 8. The highest BCUT2D eigenvalue weighted by Gasteiger charge is 2.22. The molecule has 2 aromatic rings. The minimum Gasteiger partial charge on any atom is -0.439 e. The van der Waals surface area contributed by atoms with E-state index in [0.717, 1.165) is 19.5 Å². The lowest BCUT2D eigenvalue weighted by Crippen LogP contribution is -2.51. The fraction of sp³-hybridized carbons (Fsp3) is 0.571. The second-order valence-electron chi connectivity index (χ2n) is 7.54. The Hall–Kier alpha value is -2.65. The van der Waals surface area contributed by atoms with Crippen LogP contribution in [0.15, 0.2) is 22.6 Å². The number of aromatic nitrogens is 1. The number of carbonyl (C=O) groups excluding carboxylic acids is 2. The van der Waals surface area contributed by atoms with Crippen LogP contribution in [-0.4, -0.2) is 91.7 Å². The number of piperazine rings is 1. The van der Waals surface area contributed by atoms with Crippen molar-refractivity contribution in [3.05, 3.63) is 29.7 Å². The van der Waals surface area contributed by atoms with Gasteiger partial charge in [-0.05, 0) is 31.5 Å². The Labute approximate surface area is 176 Å². The lowest BCUT2D eigenvalue weighted by Gasteiger charge is -2.34. The molecule has 0 aliphatic carbocycles. The summed E-state index contributed by atoms with van der Waals surface area (Å²) in [4.78, 5) is 34.5. The fourth-order valence-corrected chi connectivity index (χ4v) is 3.36. The molecule has 1 N–H and O–H groups in total. The number of nitrogens with one attached hydrogen (secondary N) is 1. The number of ether oxygens (including phenoxy) is 1. The summed E-state index contributed by atoms with van der Waals surface area (Å²) >= 11 is 0. The van der Waals surface area contributed by atoms with Gasteiger partial charge in [0.25, 0.3) is 5.91 Å². The molecule has 3 amide bonds. The summed E-state index contributed by atoms with van der Waals surface area (Å²) in [5, 5.41) is 2.94. The summed E-state index contributed by atoms with van der Waals surface area (Å²) < 4.78 is 11.1. The van der Waals surface area contributed by atoms with Gasteiger partial charge in [0.15, 0.2) is 5.58 Å². The molecule has 0 bridgehead atoms. The number of amides is 3. The van der Waals surface area contributed by atoms with Crippen molar-refractivity contribution in [2.45, 2.75) is 19.9 Å². The molecule has 0 atom stereocenters. The van der Waals surface area contributed by atoms with E-state index >= 15 is 0 Å². The van der Waals surface area contributed by atoms with E-state index in [-0.39, 0.29) is 11.9 Å². The van der Waals surface area contributed by atoms with Crippen LogP contribution >= 0.6 is 0 Å². The molecule has 0 saturated carbocycles. The van der Waals surface area contributed by atoms with Gasteiger partial charge in [-0.3, -0.25) is 9.69 Å². The van der Waals surface area contributed by atoms with E-state index in [9.17, 15) is 9.59 Å². The van der Waals surface area contributed by atoms with Crippen molar-refractivity contribution in [2.75, 3.05) is 60.0 Å². The number of hydrogen-bond donors (Lipinski definition) is 1.